The van der Waals surface area contributed by atoms with E-state index in [4.69, 9.17) is 27.9 Å². The minimum absolute atomic E-state index is 0.0397. The van der Waals surface area contributed by atoms with Crippen LogP contribution in [0.2, 0.25) is 10.0 Å². The van der Waals surface area contributed by atoms with Gasteiger partial charge in [0, 0.05) is 18.3 Å². The smallest absolute Gasteiger partial charge is 0.243 e. The van der Waals surface area contributed by atoms with Crippen LogP contribution in [0.15, 0.2) is 42.5 Å². The zero-order valence-electron chi connectivity index (χ0n) is 19.6. The number of hydrogen-bond donors (Lipinski definition) is 1. The quantitative estimate of drug-likeness (QED) is 0.382. The van der Waals surface area contributed by atoms with Gasteiger partial charge in [-0.2, -0.15) is 0 Å². The lowest BCUT2D eigenvalue weighted by Crippen LogP contribution is -2.51. The number of benzene rings is 2. The van der Waals surface area contributed by atoms with Crippen LogP contribution in [-0.4, -0.2) is 41.7 Å². The van der Waals surface area contributed by atoms with Gasteiger partial charge >= 0.3 is 0 Å². The Balaban J connectivity index is 2.15. The molecule has 0 bridgehead atoms. The average Bonchev–Trinajstić information content (AvgIpc) is 2.81. The number of rotatable bonds is 12. The Morgan fingerprint density at radius 2 is 1.70 bits per heavy atom. The summed E-state index contributed by atoms with van der Waals surface area (Å²) in [6.45, 7) is 6.17. The lowest BCUT2D eigenvalue weighted by Gasteiger charge is -2.31. The van der Waals surface area contributed by atoms with E-state index in [1.54, 1.807) is 24.1 Å². The summed E-state index contributed by atoms with van der Waals surface area (Å²) in [4.78, 5) is 27.9. The molecule has 1 N–H and O–H groups in total. The van der Waals surface area contributed by atoms with Gasteiger partial charge in [-0.15, -0.1) is 11.8 Å². The number of methoxy groups -OCH3 is 1. The molecule has 180 valence electrons. The van der Waals surface area contributed by atoms with E-state index in [0.717, 1.165) is 23.3 Å². The molecule has 2 rings (SSSR count). The third kappa shape index (κ3) is 8.43. The second-order valence-electron chi connectivity index (χ2n) is 7.85. The number of carbonyl (C=O) groups excluding carboxylic acids is 2. The van der Waals surface area contributed by atoms with Crippen LogP contribution in [0.1, 0.15) is 44.7 Å². The summed E-state index contributed by atoms with van der Waals surface area (Å²) in [5, 5.41) is 3.89. The van der Waals surface area contributed by atoms with Gasteiger partial charge < -0.3 is 15.0 Å². The normalized spacial score (nSPS) is 12.7. The highest BCUT2D eigenvalue weighted by Crippen LogP contribution is 2.25. The average molecular weight is 512 g/mol. The van der Waals surface area contributed by atoms with E-state index in [9.17, 15) is 9.59 Å². The van der Waals surface area contributed by atoms with Gasteiger partial charge in [0.2, 0.25) is 11.8 Å². The summed E-state index contributed by atoms with van der Waals surface area (Å²) >= 11 is 13.8. The van der Waals surface area contributed by atoms with E-state index in [0.29, 0.717) is 22.2 Å². The zero-order valence-corrected chi connectivity index (χ0v) is 21.9. The number of thioether (sulfide) groups is 1. The molecule has 0 unspecified atom stereocenters. The summed E-state index contributed by atoms with van der Waals surface area (Å²) in [6.07, 6.45) is 1.33. The van der Waals surface area contributed by atoms with Gasteiger partial charge in [-0.25, -0.2) is 0 Å². The van der Waals surface area contributed by atoms with Crippen LogP contribution >= 0.6 is 35.0 Å². The highest BCUT2D eigenvalue weighted by molar-refractivity contribution is 7.99. The van der Waals surface area contributed by atoms with Crippen molar-refractivity contribution in [3.63, 3.8) is 0 Å². The molecule has 0 radical (unpaired) electrons. The Bertz CT molecular complexity index is 924. The van der Waals surface area contributed by atoms with Gasteiger partial charge in [0.05, 0.1) is 22.9 Å². The molecule has 2 amide bonds. The fraction of sp³-hybridized carbons (Fsp3) is 0.440. The Labute approximate surface area is 211 Å². The maximum Gasteiger partial charge on any atom is 0.243 e. The molecule has 2 atom stereocenters. The van der Waals surface area contributed by atoms with Crippen LogP contribution in [0.3, 0.4) is 0 Å². The molecule has 0 spiro atoms. The number of nitrogens with one attached hydrogen (secondary N) is 1. The maximum absolute atomic E-state index is 13.3. The van der Waals surface area contributed by atoms with Gasteiger partial charge in [-0.3, -0.25) is 9.59 Å². The van der Waals surface area contributed by atoms with E-state index in [-0.39, 0.29) is 30.2 Å². The third-order valence-electron chi connectivity index (χ3n) is 5.38. The van der Waals surface area contributed by atoms with E-state index in [1.807, 2.05) is 51.1 Å². The number of hydrogen-bond acceptors (Lipinski definition) is 4. The summed E-state index contributed by atoms with van der Waals surface area (Å²) in [7, 11) is 1.63. The standard InChI is InChI=1S/C25H32Cl2N2O3S/c1-5-17(3)28-25(31)23(6-2)29(14-19-9-12-21(26)22(27)13-19)24(30)16-33-15-18-7-10-20(32-4)11-8-18/h7-13,17,23H,5-6,14-16H2,1-4H3,(H,28,31)/t17-,23+/m0/s1. The second kappa shape index (κ2) is 13.7. The van der Waals surface area contributed by atoms with E-state index < -0.39 is 6.04 Å². The number of carbonyl (C=O) groups is 2. The van der Waals surface area contributed by atoms with Crippen molar-refractivity contribution >= 4 is 46.8 Å². The number of amides is 2. The Morgan fingerprint density at radius 3 is 2.27 bits per heavy atom. The highest BCUT2D eigenvalue weighted by atomic mass is 35.5. The number of nitrogens with zero attached hydrogens (tertiary/aromatic N) is 1. The monoisotopic (exact) mass is 510 g/mol. The number of halogens is 2. The van der Waals surface area contributed by atoms with E-state index in [1.165, 1.54) is 11.8 Å². The van der Waals surface area contributed by atoms with Crippen molar-refractivity contribution in [1.29, 1.82) is 0 Å². The summed E-state index contributed by atoms with van der Waals surface area (Å²) in [5.74, 6) is 1.52. The van der Waals surface area contributed by atoms with Gasteiger partial charge in [0.25, 0.3) is 0 Å². The molecule has 33 heavy (non-hydrogen) atoms. The van der Waals surface area contributed by atoms with Crippen molar-refractivity contribution in [3.05, 3.63) is 63.6 Å². The largest absolute Gasteiger partial charge is 0.497 e. The fourth-order valence-corrected chi connectivity index (χ4v) is 4.45. The molecular weight excluding hydrogens is 479 g/mol. The first-order chi connectivity index (χ1) is 15.8. The molecule has 0 aliphatic carbocycles. The molecule has 2 aromatic rings. The maximum atomic E-state index is 13.3. The summed E-state index contributed by atoms with van der Waals surface area (Å²) in [5.41, 5.74) is 1.93. The van der Waals surface area contributed by atoms with Crippen LogP contribution in [0.4, 0.5) is 0 Å². The van der Waals surface area contributed by atoms with E-state index in [2.05, 4.69) is 5.32 Å². The molecule has 0 aromatic heterocycles. The molecular formula is C25H32Cl2N2O3S. The molecule has 0 aliphatic heterocycles. The zero-order chi connectivity index (χ0) is 24.4. The van der Waals surface area contributed by atoms with Crippen LogP contribution in [0.25, 0.3) is 0 Å². The van der Waals surface area contributed by atoms with Gasteiger partial charge in [-0.1, -0.05) is 55.2 Å². The van der Waals surface area contributed by atoms with Gasteiger partial charge in [-0.05, 0) is 55.2 Å². The van der Waals surface area contributed by atoms with Crippen molar-refractivity contribution in [1.82, 2.24) is 10.2 Å². The number of ether oxygens (including phenoxy) is 1. The molecule has 0 fully saturated rings. The minimum atomic E-state index is -0.567. The van der Waals surface area contributed by atoms with Crippen molar-refractivity contribution in [2.24, 2.45) is 0 Å². The summed E-state index contributed by atoms with van der Waals surface area (Å²) < 4.78 is 5.19. The molecule has 0 saturated heterocycles. The topological polar surface area (TPSA) is 58.6 Å². The van der Waals surface area contributed by atoms with Crippen LogP contribution in [-0.2, 0) is 21.9 Å². The predicted molar refractivity (Wildman–Crippen MR) is 138 cm³/mol. The SMILES string of the molecule is CC[C@H](C(=O)N[C@@H](C)CC)N(Cc1ccc(Cl)c(Cl)c1)C(=O)CSCc1ccc(OC)cc1. The fourth-order valence-electron chi connectivity index (χ4n) is 3.26. The van der Waals surface area contributed by atoms with Crippen molar-refractivity contribution in [2.75, 3.05) is 12.9 Å². The lowest BCUT2D eigenvalue weighted by atomic mass is 10.1. The van der Waals surface area contributed by atoms with Crippen molar-refractivity contribution < 1.29 is 14.3 Å². The first-order valence-electron chi connectivity index (χ1n) is 11.0. The predicted octanol–water partition coefficient (Wildman–Crippen LogP) is 5.96. The molecule has 0 aliphatic rings. The third-order valence-corrected chi connectivity index (χ3v) is 7.10. The highest BCUT2D eigenvalue weighted by Gasteiger charge is 2.29. The van der Waals surface area contributed by atoms with E-state index >= 15 is 0 Å². The van der Waals surface area contributed by atoms with Gasteiger partial charge in [0.15, 0.2) is 0 Å². The van der Waals surface area contributed by atoms with Crippen molar-refractivity contribution in [2.45, 2.75) is 58.0 Å². The van der Waals surface area contributed by atoms with Crippen molar-refractivity contribution in [3.8, 4) is 5.75 Å². The Kier molecular flexibility index (Phi) is 11.4. The van der Waals surface area contributed by atoms with Gasteiger partial charge in [0.1, 0.15) is 11.8 Å². The second-order valence-corrected chi connectivity index (χ2v) is 9.65. The summed E-state index contributed by atoms with van der Waals surface area (Å²) in [6, 6.07) is 12.5. The Hall–Kier alpha value is -1.89. The van der Waals surface area contributed by atoms with Crippen LogP contribution < -0.4 is 10.1 Å². The Morgan fingerprint density at radius 1 is 1.03 bits per heavy atom. The lowest BCUT2D eigenvalue weighted by molar-refractivity contribution is -0.139. The molecule has 5 nitrogen and oxygen atoms in total. The molecule has 0 heterocycles. The molecule has 8 heteroatoms. The van der Waals surface area contributed by atoms with Crippen LogP contribution in [0.5, 0.6) is 5.75 Å². The minimum Gasteiger partial charge on any atom is -0.497 e. The first kappa shape index (κ1) is 27.4. The molecule has 2 aromatic carbocycles. The molecule has 0 saturated carbocycles. The first-order valence-corrected chi connectivity index (χ1v) is 12.9. The van der Waals surface area contributed by atoms with Crippen LogP contribution in [0, 0.1) is 0 Å².